The van der Waals surface area contributed by atoms with E-state index in [1.807, 2.05) is 4.98 Å². The van der Waals surface area contributed by atoms with Crippen LogP contribution in [0.3, 0.4) is 0 Å². The fourth-order valence-corrected chi connectivity index (χ4v) is 2.27. The zero-order chi connectivity index (χ0) is 15.1. The van der Waals surface area contributed by atoms with Crippen LogP contribution in [0.15, 0.2) is 15.8 Å². The van der Waals surface area contributed by atoms with Crippen LogP contribution in [0.4, 0.5) is 0 Å². The van der Waals surface area contributed by atoms with Crippen LogP contribution in [0.25, 0.3) is 0 Å². The Labute approximate surface area is 118 Å². The summed E-state index contributed by atoms with van der Waals surface area (Å²) in [6.45, 7) is 1.38. The minimum absolute atomic E-state index is 0.697. The summed E-state index contributed by atoms with van der Waals surface area (Å²) < 4.78 is 6.07. The summed E-state index contributed by atoms with van der Waals surface area (Å²) in [6, 6.07) is 0. The highest BCUT2D eigenvalue weighted by molar-refractivity contribution is 6.27. The number of hydrogen-bond donors (Lipinski definition) is 3. The van der Waals surface area contributed by atoms with Crippen LogP contribution < -0.4 is 11.2 Å². The third kappa shape index (κ3) is 2.14. The lowest BCUT2D eigenvalue weighted by Crippen LogP contribution is -2.45. The monoisotopic (exact) mass is 301 g/mol. The van der Waals surface area contributed by atoms with E-state index >= 15 is 0 Å². The van der Waals surface area contributed by atoms with Crippen molar-refractivity contribution in [3.63, 3.8) is 0 Å². The maximum atomic E-state index is 11.7. The van der Waals surface area contributed by atoms with E-state index in [0.717, 1.165) is 10.9 Å². The molecule has 20 heavy (non-hydrogen) atoms. The summed E-state index contributed by atoms with van der Waals surface area (Å²) in [5, 5.41) is 23.2. The third-order valence-electron chi connectivity index (χ3n) is 3.04. The van der Waals surface area contributed by atoms with E-state index in [2.05, 4.69) is 11.0 Å². The molecular weight excluding hydrogens is 290 g/mol. The van der Waals surface area contributed by atoms with E-state index in [0.29, 0.717) is 0 Å². The van der Waals surface area contributed by atoms with Crippen molar-refractivity contribution in [2.24, 2.45) is 0 Å². The van der Waals surface area contributed by atoms with E-state index in [1.54, 1.807) is 0 Å². The second-order valence-corrected chi connectivity index (χ2v) is 5.06. The van der Waals surface area contributed by atoms with Crippen molar-refractivity contribution < 1.29 is 14.9 Å². The van der Waals surface area contributed by atoms with Gasteiger partial charge in [0.2, 0.25) is 0 Å². The zero-order valence-corrected chi connectivity index (χ0v) is 11.1. The molecule has 1 aliphatic rings. The van der Waals surface area contributed by atoms with Gasteiger partial charge in [0.1, 0.15) is 18.4 Å². The second-order valence-electron chi connectivity index (χ2n) is 4.43. The maximum Gasteiger partial charge on any atom is 0.347 e. The molecule has 0 amide bonds. The van der Waals surface area contributed by atoms with Gasteiger partial charge in [-0.2, -0.15) is 9.78 Å². The molecule has 1 saturated heterocycles. The van der Waals surface area contributed by atoms with Gasteiger partial charge in [0.05, 0.1) is 6.10 Å². The Hall–Kier alpha value is -1.66. The van der Waals surface area contributed by atoms with Crippen molar-refractivity contribution in [2.45, 2.75) is 36.3 Å². The average molecular weight is 302 g/mol. The molecule has 0 aromatic carbocycles. The van der Waals surface area contributed by atoms with Gasteiger partial charge in [0.25, 0.3) is 5.56 Å². The number of H-pyrrole nitrogens is 1. The number of terminal acetylenes is 1. The summed E-state index contributed by atoms with van der Waals surface area (Å²) in [7, 11) is 0. The molecule has 8 nitrogen and oxygen atoms in total. The molecule has 3 N–H and O–H groups in total. The first-order chi connectivity index (χ1) is 9.31. The Morgan fingerprint density at radius 2 is 2.35 bits per heavy atom. The highest BCUT2D eigenvalue weighted by Crippen LogP contribution is 2.43. The minimum Gasteiger partial charge on any atom is -0.391 e. The molecule has 0 bridgehead atoms. The first kappa shape index (κ1) is 14.7. The molecule has 0 saturated carbocycles. The molecule has 2 rings (SSSR count). The van der Waals surface area contributed by atoms with E-state index in [-0.39, 0.29) is 0 Å². The van der Waals surface area contributed by atoms with Crippen LogP contribution in [0.5, 0.6) is 0 Å². The molecule has 0 radical (unpaired) electrons. The maximum absolute atomic E-state index is 11.7. The van der Waals surface area contributed by atoms with E-state index in [9.17, 15) is 19.8 Å². The third-order valence-corrected chi connectivity index (χ3v) is 3.56. The number of alkyl halides is 1. The van der Waals surface area contributed by atoms with Crippen LogP contribution in [-0.4, -0.2) is 48.2 Å². The summed E-state index contributed by atoms with van der Waals surface area (Å²) in [5.41, 5.74) is -1.58. The summed E-state index contributed by atoms with van der Waals surface area (Å²) in [5.74, 6) is 2.15. The number of aliphatic hydroxyl groups is 2. The van der Waals surface area contributed by atoms with E-state index in [4.69, 9.17) is 22.8 Å². The summed E-state index contributed by atoms with van der Waals surface area (Å²) >= 11 is 6.14. The molecule has 1 aromatic heterocycles. The number of aliphatic hydroxyl groups excluding tert-OH is 2. The van der Waals surface area contributed by atoms with Crippen molar-refractivity contribution in [3.05, 3.63) is 27.0 Å². The molecule has 1 aromatic rings. The Bertz CT molecular complexity index is 663. The van der Waals surface area contributed by atoms with Gasteiger partial charge in [0.15, 0.2) is 11.1 Å². The topological polar surface area (TPSA) is 117 Å². The first-order valence-corrected chi connectivity index (χ1v) is 6.05. The lowest BCUT2D eigenvalue weighted by molar-refractivity contribution is -0.0810. The quantitative estimate of drug-likeness (QED) is 0.437. The number of hydrogen-bond acceptors (Lipinski definition) is 6. The number of rotatable bonds is 2. The van der Waals surface area contributed by atoms with Crippen molar-refractivity contribution in [2.75, 3.05) is 0 Å². The number of aromatic nitrogens is 3. The molecule has 0 spiro atoms. The van der Waals surface area contributed by atoms with Crippen molar-refractivity contribution in [3.8, 4) is 12.3 Å². The van der Waals surface area contributed by atoms with Gasteiger partial charge in [-0.3, -0.25) is 9.78 Å². The molecule has 0 aliphatic carbocycles. The van der Waals surface area contributed by atoms with Gasteiger partial charge in [-0.15, -0.1) is 6.42 Å². The van der Waals surface area contributed by atoms with Crippen molar-refractivity contribution in [1.82, 2.24) is 14.8 Å². The number of aromatic amines is 1. The van der Waals surface area contributed by atoms with Crippen LogP contribution >= 0.6 is 11.6 Å². The largest absolute Gasteiger partial charge is 0.391 e. The predicted octanol–water partition coefficient (Wildman–Crippen LogP) is -1.82. The van der Waals surface area contributed by atoms with Crippen LogP contribution in [0.2, 0.25) is 0 Å². The number of ether oxygens (including phenoxy) is 1. The van der Waals surface area contributed by atoms with Gasteiger partial charge in [-0.1, -0.05) is 17.5 Å². The second kappa shape index (κ2) is 5.03. The Balaban J connectivity index is 2.53. The molecule has 9 heteroatoms. The highest BCUT2D eigenvalue weighted by atomic mass is 35.5. The zero-order valence-electron chi connectivity index (χ0n) is 10.4. The predicted molar refractivity (Wildman–Crippen MR) is 68.1 cm³/mol. The van der Waals surface area contributed by atoms with Crippen molar-refractivity contribution >= 4 is 11.6 Å². The lowest BCUT2D eigenvalue weighted by atomic mass is 9.97. The smallest absolute Gasteiger partial charge is 0.347 e. The Morgan fingerprint density at radius 3 is 2.85 bits per heavy atom. The highest BCUT2D eigenvalue weighted by Gasteiger charge is 2.57. The average Bonchev–Trinajstić information content (AvgIpc) is 2.64. The first-order valence-electron chi connectivity index (χ1n) is 5.67. The van der Waals surface area contributed by atoms with Crippen LogP contribution in [-0.2, 0) is 4.74 Å². The molecule has 1 aliphatic heterocycles. The minimum atomic E-state index is -1.79. The number of nitrogens with zero attached hydrogens (tertiary/aromatic N) is 2. The van der Waals surface area contributed by atoms with Gasteiger partial charge in [-0.25, -0.2) is 4.79 Å². The Kier molecular flexibility index (Phi) is 3.71. The van der Waals surface area contributed by atoms with Crippen molar-refractivity contribution in [1.29, 1.82) is 0 Å². The van der Waals surface area contributed by atoms with Gasteiger partial charge < -0.3 is 14.9 Å². The molecule has 1 fully saturated rings. The van der Waals surface area contributed by atoms with Crippen LogP contribution in [0, 0.1) is 12.3 Å². The normalized spacial score (nSPS) is 34.6. The molecule has 5 atom stereocenters. The molecule has 2 heterocycles. The molecule has 108 valence electrons. The lowest BCUT2D eigenvalue weighted by Gasteiger charge is -2.24. The SMILES string of the molecule is C#C[C@@]1(Cl)C(O)[C@@H]([C@@H](C)O)O[C@H]1n1ncc(=O)[nH]c1=O. The fourth-order valence-electron chi connectivity index (χ4n) is 2.01. The van der Waals surface area contributed by atoms with Gasteiger partial charge in [-0.05, 0) is 6.92 Å². The standard InChI is InChI=1S/C11H12ClN3O5/c1-3-11(12)8(18)7(5(2)16)20-9(11)15-10(19)14-6(17)4-13-15/h1,4-5,7-9,16,18H,2H3,(H,14,17,19)/t5-,7-,8?,9-,11-/m1/s1. The Morgan fingerprint density at radius 1 is 1.70 bits per heavy atom. The number of halogens is 1. The summed E-state index contributed by atoms with van der Waals surface area (Å²) in [6.07, 6.45) is 1.26. The van der Waals surface area contributed by atoms with Crippen LogP contribution in [0.1, 0.15) is 13.2 Å². The van der Waals surface area contributed by atoms with E-state index < -0.39 is 40.7 Å². The van der Waals surface area contributed by atoms with Gasteiger partial charge in [0, 0.05) is 0 Å². The van der Waals surface area contributed by atoms with E-state index in [1.165, 1.54) is 6.92 Å². The van der Waals surface area contributed by atoms with Gasteiger partial charge >= 0.3 is 5.69 Å². The number of nitrogens with one attached hydrogen (secondary N) is 1. The molecule has 1 unspecified atom stereocenters. The fraction of sp³-hybridized carbons (Fsp3) is 0.545. The summed E-state index contributed by atoms with van der Waals surface area (Å²) in [4.78, 5) is 22.9. The molecular formula is C11H12ClN3O5.